The zero-order chi connectivity index (χ0) is 21.9. The molecule has 0 saturated carbocycles. The molecule has 2 rings (SSSR count). The second-order valence-electron chi connectivity index (χ2n) is 7.84. The van der Waals surface area contributed by atoms with Crippen molar-refractivity contribution in [1.29, 1.82) is 0 Å². The summed E-state index contributed by atoms with van der Waals surface area (Å²) < 4.78 is 22.7. The zero-order valence-electron chi connectivity index (χ0n) is 17.8. The average Bonchev–Trinajstić information content (AvgIpc) is 2.69. The maximum absolute atomic E-state index is 11.9. The summed E-state index contributed by atoms with van der Waals surface area (Å²) in [7, 11) is 1.91. The van der Waals surface area contributed by atoms with Gasteiger partial charge in [0.1, 0.15) is 13.2 Å². The van der Waals surface area contributed by atoms with Gasteiger partial charge in [-0.15, -0.1) is 0 Å². The Labute approximate surface area is 179 Å². The van der Waals surface area contributed by atoms with Crippen molar-refractivity contribution in [3.63, 3.8) is 0 Å². The van der Waals surface area contributed by atoms with Crippen LogP contribution in [0.3, 0.4) is 0 Å². The largest absolute Gasteiger partial charge is 0.472 e. The first kappa shape index (κ1) is 24.0. The Bertz CT molecular complexity index is 897. The molecule has 5 nitrogen and oxygen atoms in total. The summed E-state index contributed by atoms with van der Waals surface area (Å²) in [5.74, 6) is 0. The fraction of sp³-hybridized carbons (Fsp3) is 0.250. The van der Waals surface area contributed by atoms with Gasteiger partial charge >= 0.3 is 7.82 Å². The summed E-state index contributed by atoms with van der Waals surface area (Å²) in [6, 6.07) is 17.7. The van der Waals surface area contributed by atoms with Crippen LogP contribution >= 0.6 is 7.82 Å². The molecule has 2 aromatic carbocycles. The molecule has 30 heavy (non-hydrogen) atoms. The van der Waals surface area contributed by atoms with Crippen LogP contribution in [0.1, 0.15) is 16.7 Å². The standard InChI is InChI=1S/C24H30NO4P/c1-25(2,3)19-20-28-30(26,27)29-21-24-17-15-23(16-18-24)14-8-5-4-7-11-22-12-9-6-10-13-22/h4-18H,19-21H2,1-3H3/p+1/b5-4+,11-7+,14-8+. The van der Waals surface area contributed by atoms with Gasteiger partial charge in [0.05, 0.1) is 27.7 Å². The fourth-order valence-electron chi connectivity index (χ4n) is 2.37. The van der Waals surface area contributed by atoms with E-state index in [1.54, 1.807) is 0 Å². The maximum atomic E-state index is 11.9. The van der Waals surface area contributed by atoms with Crippen LogP contribution in [-0.2, 0) is 20.2 Å². The highest BCUT2D eigenvalue weighted by Gasteiger charge is 2.22. The van der Waals surface area contributed by atoms with Crippen LogP contribution in [0.2, 0.25) is 0 Å². The van der Waals surface area contributed by atoms with Crippen LogP contribution in [0.15, 0.2) is 78.9 Å². The molecule has 1 atom stereocenters. The topological polar surface area (TPSA) is 55.8 Å². The van der Waals surface area contributed by atoms with E-state index < -0.39 is 7.82 Å². The minimum Gasteiger partial charge on any atom is -0.329 e. The van der Waals surface area contributed by atoms with Gasteiger partial charge in [-0.3, -0.25) is 9.05 Å². The van der Waals surface area contributed by atoms with Crippen LogP contribution in [0.25, 0.3) is 12.2 Å². The van der Waals surface area contributed by atoms with Crippen LogP contribution < -0.4 is 0 Å². The first-order valence-electron chi connectivity index (χ1n) is 9.81. The summed E-state index contributed by atoms with van der Waals surface area (Å²) in [6.07, 6.45) is 11.9. The quantitative estimate of drug-likeness (QED) is 0.299. The van der Waals surface area contributed by atoms with Crippen molar-refractivity contribution in [3.8, 4) is 0 Å². The molecule has 0 aliphatic carbocycles. The number of phosphoric ester groups is 1. The normalized spacial score (nSPS) is 14.7. The number of nitrogens with zero attached hydrogens (tertiary/aromatic N) is 1. The highest BCUT2D eigenvalue weighted by atomic mass is 31.2. The molecule has 0 aliphatic heterocycles. The molecule has 6 heteroatoms. The van der Waals surface area contributed by atoms with Crippen molar-refractivity contribution in [1.82, 2.24) is 0 Å². The van der Waals surface area contributed by atoms with Crippen molar-refractivity contribution < 1.29 is 23.0 Å². The van der Waals surface area contributed by atoms with Crippen molar-refractivity contribution in [2.45, 2.75) is 6.61 Å². The number of phosphoric acid groups is 1. The summed E-state index contributed by atoms with van der Waals surface area (Å²) in [5.41, 5.74) is 3.00. The van der Waals surface area contributed by atoms with Gasteiger partial charge < -0.3 is 9.38 Å². The number of hydrogen-bond donors (Lipinski definition) is 1. The SMILES string of the molecule is C[N+](C)(C)CCOP(=O)(O)OCc1ccc(/C=C/C=C/C=C/c2ccccc2)cc1. The molecule has 160 valence electrons. The van der Waals surface area contributed by atoms with E-state index in [4.69, 9.17) is 9.05 Å². The third-order valence-corrected chi connectivity index (χ3v) is 5.07. The van der Waals surface area contributed by atoms with Crippen LogP contribution in [0.5, 0.6) is 0 Å². The lowest BCUT2D eigenvalue weighted by Crippen LogP contribution is -2.37. The number of likely N-dealkylation sites (N-methyl/N-ethyl adjacent to an activating group) is 1. The van der Waals surface area contributed by atoms with E-state index in [-0.39, 0.29) is 13.2 Å². The van der Waals surface area contributed by atoms with E-state index in [0.29, 0.717) is 11.0 Å². The van der Waals surface area contributed by atoms with E-state index in [0.717, 1.165) is 16.7 Å². The van der Waals surface area contributed by atoms with E-state index in [1.807, 2.05) is 100 Å². The molecule has 0 radical (unpaired) electrons. The third kappa shape index (κ3) is 10.5. The van der Waals surface area contributed by atoms with Crippen LogP contribution in [0.4, 0.5) is 0 Å². The molecule has 1 N–H and O–H groups in total. The smallest absolute Gasteiger partial charge is 0.329 e. The lowest BCUT2D eigenvalue weighted by molar-refractivity contribution is -0.870. The Kier molecular flexibility index (Phi) is 9.44. The van der Waals surface area contributed by atoms with E-state index in [2.05, 4.69) is 12.1 Å². The predicted molar refractivity (Wildman–Crippen MR) is 124 cm³/mol. The second-order valence-corrected chi connectivity index (χ2v) is 9.30. The summed E-state index contributed by atoms with van der Waals surface area (Å²) in [4.78, 5) is 9.77. The van der Waals surface area contributed by atoms with Crippen molar-refractivity contribution in [2.75, 3.05) is 34.3 Å². The fourth-order valence-corrected chi connectivity index (χ4v) is 3.07. The lowest BCUT2D eigenvalue weighted by Gasteiger charge is -2.24. The number of quaternary nitrogens is 1. The Hall–Kier alpha value is -2.27. The van der Waals surface area contributed by atoms with Crippen molar-refractivity contribution in [2.24, 2.45) is 0 Å². The van der Waals surface area contributed by atoms with Crippen LogP contribution in [-0.4, -0.2) is 43.7 Å². The zero-order valence-corrected chi connectivity index (χ0v) is 18.7. The molecular formula is C24H31NO4P+. The molecule has 0 bridgehead atoms. The molecule has 0 amide bonds. The number of rotatable bonds is 11. The molecule has 1 unspecified atom stereocenters. The van der Waals surface area contributed by atoms with Crippen LogP contribution in [0, 0.1) is 0 Å². The van der Waals surface area contributed by atoms with Gasteiger partial charge in [0.2, 0.25) is 0 Å². The molecule has 2 aromatic rings. The van der Waals surface area contributed by atoms with Gasteiger partial charge in [-0.2, -0.15) is 0 Å². The van der Waals surface area contributed by atoms with E-state index >= 15 is 0 Å². The first-order valence-corrected chi connectivity index (χ1v) is 11.3. The molecular weight excluding hydrogens is 397 g/mol. The number of benzene rings is 2. The average molecular weight is 428 g/mol. The Morgan fingerprint density at radius 2 is 1.40 bits per heavy atom. The maximum Gasteiger partial charge on any atom is 0.472 e. The van der Waals surface area contributed by atoms with Crippen molar-refractivity contribution >= 4 is 20.0 Å². The first-order chi connectivity index (χ1) is 14.2. The highest BCUT2D eigenvalue weighted by Crippen LogP contribution is 2.43. The van der Waals surface area contributed by atoms with Crippen molar-refractivity contribution in [3.05, 3.63) is 95.6 Å². The summed E-state index contributed by atoms with van der Waals surface area (Å²) in [5, 5.41) is 0. The molecule has 0 fully saturated rings. The molecule has 0 spiro atoms. The number of allylic oxidation sites excluding steroid dienone is 4. The van der Waals surface area contributed by atoms with Gasteiger partial charge in [-0.05, 0) is 16.7 Å². The summed E-state index contributed by atoms with van der Waals surface area (Å²) >= 11 is 0. The van der Waals surface area contributed by atoms with Gasteiger partial charge in [0, 0.05) is 0 Å². The van der Waals surface area contributed by atoms with Gasteiger partial charge in [-0.25, -0.2) is 4.57 Å². The molecule has 0 saturated heterocycles. The predicted octanol–water partition coefficient (Wildman–Crippen LogP) is 5.31. The Balaban J connectivity index is 1.76. The minimum atomic E-state index is -4.05. The van der Waals surface area contributed by atoms with Gasteiger partial charge in [0.15, 0.2) is 0 Å². The highest BCUT2D eigenvalue weighted by molar-refractivity contribution is 7.47. The van der Waals surface area contributed by atoms with E-state index in [1.165, 1.54) is 0 Å². The Morgan fingerprint density at radius 1 is 0.833 bits per heavy atom. The second kappa shape index (κ2) is 11.8. The lowest BCUT2D eigenvalue weighted by atomic mass is 10.1. The van der Waals surface area contributed by atoms with Gasteiger partial charge in [-0.1, -0.05) is 91.1 Å². The molecule has 0 aliphatic rings. The monoisotopic (exact) mass is 428 g/mol. The third-order valence-electron chi connectivity index (χ3n) is 4.10. The number of hydrogen-bond acceptors (Lipinski definition) is 3. The van der Waals surface area contributed by atoms with Gasteiger partial charge in [0.25, 0.3) is 0 Å². The molecule has 0 aromatic heterocycles. The van der Waals surface area contributed by atoms with E-state index in [9.17, 15) is 9.46 Å². The minimum absolute atomic E-state index is 0.0202. The summed E-state index contributed by atoms with van der Waals surface area (Å²) in [6.45, 7) is 0.798. The Morgan fingerprint density at radius 3 is 1.97 bits per heavy atom. The molecule has 0 heterocycles.